The van der Waals surface area contributed by atoms with Crippen LogP contribution >= 0.6 is 0 Å². The lowest BCUT2D eigenvalue weighted by Gasteiger charge is -2.11. The first-order valence-corrected chi connectivity index (χ1v) is 9.34. The van der Waals surface area contributed by atoms with E-state index in [0.29, 0.717) is 0 Å². The van der Waals surface area contributed by atoms with Crippen LogP contribution in [0, 0.1) is 23.5 Å². The van der Waals surface area contributed by atoms with E-state index in [9.17, 15) is 18.4 Å². The van der Waals surface area contributed by atoms with Gasteiger partial charge in [0.15, 0.2) is 11.6 Å². The summed E-state index contributed by atoms with van der Waals surface area (Å²) in [6.07, 6.45) is 4.30. The Morgan fingerprint density at radius 1 is 1.15 bits per heavy atom. The maximum atomic E-state index is 13.9. The predicted octanol–water partition coefficient (Wildman–Crippen LogP) is 3.07. The van der Waals surface area contributed by atoms with Crippen molar-refractivity contribution in [3.8, 4) is 11.8 Å². The van der Waals surface area contributed by atoms with Gasteiger partial charge in [-0.25, -0.2) is 13.6 Å². The molecule has 0 amide bonds. The first-order chi connectivity index (χ1) is 13.0. The van der Waals surface area contributed by atoms with Gasteiger partial charge in [0.05, 0.1) is 16.5 Å². The van der Waals surface area contributed by atoms with Gasteiger partial charge in [0.1, 0.15) is 0 Å². The van der Waals surface area contributed by atoms with Crippen LogP contribution in [0.2, 0.25) is 0 Å². The molecule has 27 heavy (non-hydrogen) atoms. The molecule has 0 radical (unpaired) electrons. The molecule has 5 nitrogen and oxygen atoms in total. The normalized spacial score (nSPS) is 15.1. The monoisotopic (exact) mass is 377 g/mol. The molecule has 1 aliphatic carbocycles. The quantitative estimate of drug-likeness (QED) is 0.751. The van der Waals surface area contributed by atoms with Crippen LogP contribution < -0.4 is 16.6 Å². The van der Waals surface area contributed by atoms with E-state index in [-0.39, 0.29) is 22.5 Å². The van der Waals surface area contributed by atoms with E-state index in [4.69, 9.17) is 0 Å². The minimum atomic E-state index is -1.15. The Morgan fingerprint density at radius 3 is 2.26 bits per heavy atom. The van der Waals surface area contributed by atoms with Gasteiger partial charge >= 0.3 is 5.69 Å². The van der Waals surface area contributed by atoms with Crippen LogP contribution in [0.1, 0.15) is 58.1 Å². The van der Waals surface area contributed by atoms with Crippen LogP contribution in [-0.2, 0) is 0 Å². The van der Waals surface area contributed by atoms with E-state index >= 15 is 0 Å². The highest BCUT2D eigenvalue weighted by atomic mass is 19.2. The molecule has 0 unspecified atom stereocenters. The minimum absolute atomic E-state index is 0.0619. The number of H-pyrrole nitrogens is 1. The van der Waals surface area contributed by atoms with Gasteiger partial charge in [-0.3, -0.25) is 14.3 Å². The molecule has 2 fully saturated rings. The van der Waals surface area contributed by atoms with Crippen molar-refractivity contribution in [2.75, 3.05) is 13.1 Å². The number of hydrogen-bond donors (Lipinski definition) is 2. The van der Waals surface area contributed by atoms with Crippen LogP contribution in [-0.4, -0.2) is 22.6 Å². The van der Waals surface area contributed by atoms with Gasteiger partial charge in [-0.15, -0.1) is 5.92 Å². The molecule has 2 N–H and O–H groups in total. The Labute approximate surface area is 156 Å². The molecule has 0 bridgehead atoms. The average Bonchev–Trinajstić information content (AvgIpc) is 3.30. The van der Waals surface area contributed by atoms with E-state index in [1.165, 1.54) is 37.4 Å². The van der Waals surface area contributed by atoms with Crippen molar-refractivity contribution in [1.82, 2.24) is 14.9 Å². The summed E-state index contributed by atoms with van der Waals surface area (Å²) < 4.78 is 28.8. The maximum absolute atomic E-state index is 13.9. The average molecular weight is 377 g/mol. The van der Waals surface area contributed by atoms with E-state index < -0.39 is 22.9 Å². The summed E-state index contributed by atoms with van der Waals surface area (Å²) in [7, 11) is 0. The highest BCUT2D eigenvalue weighted by Crippen LogP contribution is 2.36. The molecular formula is C20H25F2N3O2. The summed E-state index contributed by atoms with van der Waals surface area (Å²) in [5.74, 6) is 2.66. The van der Waals surface area contributed by atoms with Crippen molar-refractivity contribution in [3.63, 3.8) is 0 Å². The van der Waals surface area contributed by atoms with Gasteiger partial charge in [0, 0.05) is 6.04 Å². The highest BCUT2D eigenvalue weighted by Gasteiger charge is 2.29. The standard InChI is InChI=1S/C14H10F2N2O2.C4H9N.C2H6/c1-2-3-8-11(16)10(15)6-9-12(8)18(7-4-5-7)14(20)17-13(9)19;1-2-4-5-3-1;1-2/h6-7H,4-5H2,1H3,(H,17,19,20);5H,1-4H2;1-2H3. The second-order valence-corrected chi connectivity index (χ2v) is 6.14. The number of nitrogens with one attached hydrogen (secondary N) is 2. The molecule has 1 aliphatic heterocycles. The first-order valence-electron chi connectivity index (χ1n) is 9.34. The summed E-state index contributed by atoms with van der Waals surface area (Å²) in [5, 5.41) is 3.16. The molecule has 0 spiro atoms. The fourth-order valence-corrected chi connectivity index (χ4v) is 2.91. The molecule has 7 heteroatoms. The SMILES string of the molecule is C1CCNC1.CC.CC#Cc1c(F)c(F)cc2c(=O)[nH]c(=O)n(C3CC3)c12. The maximum Gasteiger partial charge on any atom is 0.329 e. The summed E-state index contributed by atoms with van der Waals surface area (Å²) in [6, 6.07) is 0.715. The Morgan fingerprint density at radius 2 is 1.78 bits per heavy atom. The van der Waals surface area contributed by atoms with Gasteiger partial charge in [-0.2, -0.15) is 0 Å². The second kappa shape index (κ2) is 9.47. The van der Waals surface area contributed by atoms with Crippen LogP contribution in [0.25, 0.3) is 10.9 Å². The Balaban J connectivity index is 0.000000318. The lowest BCUT2D eigenvalue weighted by atomic mass is 10.1. The molecule has 0 atom stereocenters. The number of nitrogens with zero attached hydrogens (tertiary/aromatic N) is 1. The molecule has 146 valence electrons. The number of hydrogen-bond acceptors (Lipinski definition) is 3. The number of rotatable bonds is 1. The van der Waals surface area contributed by atoms with Gasteiger partial charge in [-0.05, 0) is 51.8 Å². The smallest absolute Gasteiger partial charge is 0.317 e. The third-order valence-electron chi connectivity index (χ3n) is 4.24. The zero-order valence-electron chi connectivity index (χ0n) is 15.9. The fraction of sp³-hybridized carbons (Fsp3) is 0.500. The van der Waals surface area contributed by atoms with E-state index in [1.54, 1.807) is 0 Å². The van der Waals surface area contributed by atoms with Crippen molar-refractivity contribution in [1.29, 1.82) is 0 Å². The first kappa shape index (κ1) is 20.8. The summed E-state index contributed by atoms with van der Waals surface area (Å²) >= 11 is 0. The number of halogens is 2. The lowest BCUT2D eigenvalue weighted by Crippen LogP contribution is -2.30. The largest absolute Gasteiger partial charge is 0.329 e. The number of fused-ring (bicyclic) bond motifs is 1. The van der Waals surface area contributed by atoms with Crippen LogP contribution in [0.4, 0.5) is 8.78 Å². The fourth-order valence-electron chi connectivity index (χ4n) is 2.91. The third-order valence-corrected chi connectivity index (χ3v) is 4.24. The van der Waals surface area contributed by atoms with Crippen LogP contribution in [0.15, 0.2) is 15.7 Å². The molecule has 4 rings (SSSR count). The molecule has 1 saturated heterocycles. The van der Waals surface area contributed by atoms with E-state index in [1.807, 2.05) is 13.8 Å². The molecular weight excluding hydrogens is 352 g/mol. The van der Waals surface area contributed by atoms with Gasteiger partial charge in [0.2, 0.25) is 0 Å². The molecule has 2 aliphatic rings. The molecule has 1 saturated carbocycles. The van der Waals surface area contributed by atoms with Crippen molar-refractivity contribution in [2.45, 2.75) is 52.5 Å². The molecule has 2 aromatic rings. The second-order valence-electron chi connectivity index (χ2n) is 6.14. The Hall–Kier alpha value is -2.46. The van der Waals surface area contributed by atoms with E-state index in [0.717, 1.165) is 18.9 Å². The number of benzene rings is 1. The van der Waals surface area contributed by atoms with Crippen LogP contribution in [0.5, 0.6) is 0 Å². The van der Waals surface area contributed by atoms with Gasteiger partial charge in [-0.1, -0.05) is 19.8 Å². The number of aromatic nitrogens is 2. The van der Waals surface area contributed by atoms with Crippen molar-refractivity contribution in [2.24, 2.45) is 0 Å². The van der Waals surface area contributed by atoms with Gasteiger partial charge < -0.3 is 5.32 Å². The third kappa shape index (κ3) is 4.64. The highest BCUT2D eigenvalue weighted by molar-refractivity contribution is 5.84. The van der Waals surface area contributed by atoms with E-state index in [2.05, 4.69) is 22.1 Å². The van der Waals surface area contributed by atoms with Crippen molar-refractivity contribution < 1.29 is 8.78 Å². The van der Waals surface area contributed by atoms with Crippen molar-refractivity contribution in [3.05, 3.63) is 44.1 Å². The summed E-state index contributed by atoms with van der Waals surface area (Å²) in [5.41, 5.74) is -1.51. The molecule has 2 heterocycles. The minimum Gasteiger partial charge on any atom is -0.317 e. The lowest BCUT2D eigenvalue weighted by molar-refractivity contribution is 0.507. The summed E-state index contributed by atoms with van der Waals surface area (Å²) in [4.78, 5) is 25.9. The zero-order valence-corrected chi connectivity index (χ0v) is 15.9. The predicted molar refractivity (Wildman–Crippen MR) is 103 cm³/mol. The Bertz CT molecular complexity index is 967. The van der Waals surface area contributed by atoms with Crippen LogP contribution in [0.3, 0.4) is 0 Å². The summed E-state index contributed by atoms with van der Waals surface area (Å²) in [6.45, 7) is 7.98. The molecule has 1 aromatic carbocycles. The zero-order chi connectivity index (χ0) is 20.0. The Kier molecular flexibility index (Phi) is 7.31. The van der Waals surface area contributed by atoms with Crippen molar-refractivity contribution >= 4 is 10.9 Å². The number of aromatic amines is 1. The van der Waals surface area contributed by atoms with Gasteiger partial charge in [0.25, 0.3) is 5.56 Å². The topological polar surface area (TPSA) is 66.9 Å². The molecule has 1 aromatic heterocycles.